The number of carboxylic acid groups (broad SMARTS) is 1. The van der Waals surface area contributed by atoms with Gasteiger partial charge in [-0.25, -0.2) is 4.79 Å². The van der Waals surface area contributed by atoms with Crippen LogP contribution in [0.2, 0.25) is 0 Å². The molecule has 0 spiro atoms. The average Bonchev–Trinajstić information content (AvgIpc) is 2.59. The van der Waals surface area contributed by atoms with Gasteiger partial charge in [-0.05, 0) is 36.8 Å². The molecule has 0 atom stereocenters. The van der Waals surface area contributed by atoms with Gasteiger partial charge in [0, 0.05) is 6.07 Å². The van der Waals surface area contributed by atoms with Crippen LogP contribution in [0.1, 0.15) is 30.1 Å². The van der Waals surface area contributed by atoms with Crippen molar-refractivity contribution in [1.29, 1.82) is 0 Å². The molecule has 0 bridgehead atoms. The van der Waals surface area contributed by atoms with E-state index in [4.69, 9.17) is 14.0 Å². The van der Waals surface area contributed by atoms with Crippen LogP contribution in [-0.2, 0) is 10.1 Å². The molecule has 0 radical (unpaired) electrons. The minimum absolute atomic E-state index is 0.222. The highest BCUT2D eigenvalue weighted by molar-refractivity contribution is 7.87. The number of phenolic OH excluding ortho intramolecular Hbond substituents is 2. The number of aromatic carboxylic acids is 1. The maximum absolute atomic E-state index is 12.3. The van der Waals surface area contributed by atoms with Crippen molar-refractivity contribution < 1.29 is 37.5 Å². The van der Waals surface area contributed by atoms with Crippen LogP contribution in [0.25, 0.3) is 0 Å². The normalized spacial score (nSPS) is 11.1. The molecular formula is C17H18O8S. The van der Waals surface area contributed by atoms with Crippen LogP contribution in [-0.4, -0.2) is 36.3 Å². The Labute approximate surface area is 150 Å². The Hall–Kier alpha value is -2.94. The first-order valence-electron chi connectivity index (χ1n) is 7.71. The van der Waals surface area contributed by atoms with Gasteiger partial charge in [-0.1, -0.05) is 13.3 Å². The summed E-state index contributed by atoms with van der Waals surface area (Å²) in [6.07, 6.45) is 1.83. The summed E-state index contributed by atoms with van der Waals surface area (Å²) in [6, 6.07) is 7.01. The topological polar surface area (TPSA) is 130 Å². The highest BCUT2D eigenvalue weighted by Gasteiger charge is 2.22. The summed E-state index contributed by atoms with van der Waals surface area (Å²) in [5.74, 6) is -3.31. The molecule has 8 nitrogen and oxygen atoms in total. The van der Waals surface area contributed by atoms with Gasteiger partial charge >= 0.3 is 16.1 Å². The number of rotatable bonds is 8. The molecule has 2 rings (SSSR count). The Bertz CT molecular complexity index is 888. The Morgan fingerprint density at radius 2 is 1.77 bits per heavy atom. The van der Waals surface area contributed by atoms with Crippen molar-refractivity contribution in [2.45, 2.75) is 24.7 Å². The summed E-state index contributed by atoms with van der Waals surface area (Å²) < 4.78 is 34.9. The van der Waals surface area contributed by atoms with Crippen molar-refractivity contribution in [3.05, 3.63) is 42.0 Å². The van der Waals surface area contributed by atoms with Gasteiger partial charge in [-0.3, -0.25) is 0 Å². The quantitative estimate of drug-likeness (QED) is 0.361. The smallest absolute Gasteiger partial charge is 0.339 e. The maximum atomic E-state index is 12.3. The molecule has 0 heterocycles. The lowest BCUT2D eigenvalue weighted by Gasteiger charge is -2.11. The Balaban J connectivity index is 2.25. The number of hydrogen-bond acceptors (Lipinski definition) is 7. The summed E-state index contributed by atoms with van der Waals surface area (Å²) in [5.41, 5.74) is -0.440. The monoisotopic (exact) mass is 382 g/mol. The minimum Gasteiger partial charge on any atom is -0.504 e. The number of ether oxygens (including phenoxy) is 1. The van der Waals surface area contributed by atoms with Crippen LogP contribution < -0.4 is 8.92 Å². The summed E-state index contributed by atoms with van der Waals surface area (Å²) in [6.45, 7) is 2.52. The summed E-state index contributed by atoms with van der Waals surface area (Å²) in [4.78, 5) is 10.8. The van der Waals surface area contributed by atoms with Crippen LogP contribution >= 0.6 is 0 Å². The first kappa shape index (κ1) is 19.4. The molecule has 0 fully saturated rings. The van der Waals surface area contributed by atoms with Crippen molar-refractivity contribution in [1.82, 2.24) is 0 Å². The molecule has 9 heteroatoms. The van der Waals surface area contributed by atoms with Crippen LogP contribution in [0.3, 0.4) is 0 Å². The predicted molar refractivity (Wildman–Crippen MR) is 91.4 cm³/mol. The van der Waals surface area contributed by atoms with Crippen LogP contribution in [0.15, 0.2) is 41.3 Å². The maximum Gasteiger partial charge on any atom is 0.339 e. The third-order valence-corrected chi connectivity index (χ3v) is 4.63. The van der Waals surface area contributed by atoms with Crippen molar-refractivity contribution in [2.24, 2.45) is 0 Å². The second kappa shape index (κ2) is 7.96. The van der Waals surface area contributed by atoms with E-state index in [-0.39, 0.29) is 4.90 Å². The third-order valence-electron chi connectivity index (χ3n) is 3.38. The Morgan fingerprint density at radius 3 is 2.35 bits per heavy atom. The molecule has 0 unspecified atom stereocenters. The van der Waals surface area contributed by atoms with Crippen LogP contribution in [0.4, 0.5) is 0 Å². The van der Waals surface area contributed by atoms with E-state index in [1.165, 1.54) is 24.3 Å². The van der Waals surface area contributed by atoms with E-state index in [0.29, 0.717) is 12.4 Å². The minimum atomic E-state index is -4.36. The summed E-state index contributed by atoms with van der Waals surface area (Å²) in [7, 11) is -4.36. The molecule has 0 saturated carbocycles. The lowest BCUT2D eigenvalue weighted by Crippen LogP contribution is -2.10. The van der Waals surface area contributed by atoms with Gasteiger partial charge in [0.1, 0.15) is 10.6 Å². The molecule has 0 aliphatic heterocycles. The standard InChI is InChI=1S/C17H18O8S/c1-2-3-8-24-12-4-6-13(7-5-12)26(22,23)25-15-10-11(17(20)21)9-14(18)16(15)19/h4-7,9-10,18-19H,2-3,8H2,1H3,(H,20,21). The van der Waals surface area contributed by atoms with Gasteiger partial charge in [0.15, 0.2) is 11.5 Å². The highest BCUT2D eigenvalue weighted by atomic mass is 32.2. The zero-order valence-electron chi connectivity index (χ0n) is 13.9. The Morgan fingerprint density at radius 1 is 1.12 bits per heavy atom. The molecule has 2 aromatic rings. The molecule has 0 aliphatic rings. The van der Waals surface area contributed by atoms with Gasteiger partial charge < -0.3 is 24.2 Å². The molecular weight excluding hydrogens is 364 g/mol. The number of hydrogen-bond donors (Lipinski definition) is 3. The molecule has 0 saturated heterocycles. The molecule has 2 aromatic carbocycles. The summed E-state index contributed by atoms with van der Waals surface area (Å²) in [5, 5.41) is 28.2. The molecule has 3 N–H and O–H groups in total. The van der Waals surface area contributed by atoms with E-state index >= 15 is 0 Å². The zero-order chi connectivity index (χ0) is 19.3. The van der Waals surface area contributed by atoms with Crippen molar-refractivity contribution in [3.8, 4) is 23.0 Å². The number of aromatic hydroxyl groups is 2. The van der Waals surface area contributed by atoms with E-state index in [0.717, 1.165) is 25.0 Å². The van der Waals surface area contributed by atoms with Crippen LogP contribution in [0.5, 0.6) is 23.0 Å². The van der Waals surface area contributed by atoms with E-state index in [9.17, 15) is 23.4 Å². The van der Waals surface area contributed by atoms with Gasteiger partial charge in [-0.15, -0.1) is 0 Å². The average molecular weight is 382 g/mol. The fourth-order valence-electron chi connectivity index (χ4n) is 1.98. The first-order valence-corrected chi connectivity index (χ1v) is 9.12. The third kappa shape index (κ3) is 4.57. The van der Waals surface area contributed by atoms with E-state index < -0.39 is 38.9 Å². The number of unbranched alkanes of at least 4 members (excludes halogenated alkanes) is 1. The van der Waals surface area contributed by atoms with Crippen molar-refractivity contribution in [2.75, 3.05) is 6.61 Å². The SMILES string of the molecule is CCCCOc1ccc(S(=O)(=O)Oc2cc(C(=O)O)cc(O)c2O)cc1. The lowest BCUT2D eigenvalue weighted by molar-refractivity contribution is 0.0696. The van der Waals surface area contributed by atoms with Gasteiger partial charge in [0.2, 0.25) is 5.75 Å². The molecule has 140 valence electrons. The van der Waals surface area contributed by atoms with Gasteiger partial charge in [0.25, 0.3) is 0 Å². The number of phenols is 2. The highest BCUT2D eigenvalue weighted by Crippen LogP contribution is 2.38. The van der Waals surface area contributed by atoms with Crippen LogP contribution in [0, 0.1) is 0 Å². The molecule has 26 heavy (non-hydrogen) atoms. The molecule has 0 amide bonds. The summed E-state index contributed by atoms with van der Waals surface area (Å²) >= 11 is 0. The zero-order valence-corrected chi connectivity index (χ0v) is 14.7. The van der Waals surface area contributed by atoms with Crippen molar-refractivity contribution >= 4 is 16.1 Å². The first-order chi connectivity index (χ1) is 12.2. The number of carboxylic acids is 1. The van der Waals surface area contributed by atoms with E-state index in [2.05, 4.69) is 0 Å². The van der Waals surface area contributed by atoms with Crippen molar-refractivity contribution in [3.63, 3.8) is 0 Å². The van der Waals surface area contributed by atoms with E-state index in [1.54, 1.807) is 0 Å². The second-order valence-electron chi connectivity index (χ2n) is 5.36. The number of benzene rings is 2. The number of carbonyl (C=O) groups is 1. The molecule has 0 aromatic heterocycles. The van der Waals surface area contributed by atoms with Gasteiger partial charge in [0.05, 0.1) is 12.2 Å². The fraction of sp³-hybridized carbons (Fsp3) is 0.235. The predicted octanol–water partition coefficient (Wildman–Crippen LogP) is 2.74. The van der Waals surface area contributed by atoms with E-state index in [1.807, 2.05) is 6.92 Å². The van der Waals surface area contributed by atoms with Gasteiger partial charge in [-0.2, -0.15) is 8.42 Å². The molecule has 0 aliphatic carbocycles. The Kier molecular flexibility index (Phi) is 5.93. The lowest BCUT2D eigenvalue weighted by atomic mass is 10.2. The second-order valence-corrected chi connectivity index (χ2v) is 6.90. The fourth-order valence-corrected chi connectivity index (χ4v) is 2.91. The largest absolute Gasteiger partial charge is 0.504 e.